The van der Waals surface area contributed by atoms with Crippen LogP contribution in [0.3, 0.4) is 0 Å². The first-order valence-electron chi connectivity index (χ1n) is 6.24. The lowest BCUT2D eigenvalue weighted by molar-refractivity contribution is -0.118. The number of nitrogens with zero attached hydrogens (tertiary/aromatic N) is 3. The number of primary amides is 1. The summed E-state index contributed by atoms with van der Waals surface area (Å²) in [5.41, 5.74) is 5.88. The molecule has 0 aliphatic carbocycles. The van der Waals surface area contributed by atoms with Crippen LogP contribution in [-0.2, 0) is 4.79 Å². The number of rotatable bonds is 7. The molecule has 0 radical (unpaired) electrons. The Morgan fingerprint density at radius 1 is 1.47 bits per heavy atom. The molecule has 0 fully saturated rings. The van der Waals surface area contributed by atoms with E-state index < -0.39 is 0 Å². The average molecular weight is 262 g/mol. The van der Waals surface area contributed by atoms with Crippen LogP contribution in [0.4, 0.5) is 11.6 Å². The SMILES string of the molecule is CNc1cn2ccnc2c(NCCCCC(N)=O)n1. The molecule has 2 heterocycles. The molecule has 0 saturated carbocycles. The van der Waals surface area contributed by atoms with Crippen LogP contribution in [0.15, 0.2) is 18.6 Å². The van der Waals surface area contributed by atoms with Crippen molar-refractivity contribution in [3.8, 4) is 0 Å². The molecular formula is C12H18N6O. The van der Waals surface area contributed by atoms with Gasteiger partial charge in [-0.1, -0.05) is 0 Å². The van der Waals surface area contributed by atoms with Crippen molar-refractivity contribution in [2.45, 2.75) is 19.3 Å². The third kappa shape index (κ3) is 3.34. The third-order valence-electron chi connectivity index (χ3n) is 2.77. The molecule has 2 rings (SSSR count). The molecule has 2 aromatic rings. The van der Waals surface area contributed by atoms with Crippen LogP contribution in [0, 0.1) is 0 Å². The van der Waals surface area contributed by atoms with Gasteiger partial charge in [-0.3, -0.25) is 4.79 Å². The van der Waals surface area contributed by atoms with Gasteiger partial charge in [0.1, 0.15) is 5.82 Å². The van der Waals surface area contributed by atoms with Crippen molar-refractivity contribution in [1.82, 2.24) is 14.4 Å². The summed E-state index contributed by atoms with van der Waals surface area (Å²) in [7, 11) is 1.82. The zero-order valence-corrected chi connectivity index (χ0v) is 10.9. The molecule has 2 aromatic heterocycles. The van der Waals surface area contributed by atoms with Crippen molar-refractivity contribution in [3.63, 3.8) is 0 Å². The maximum Gasteiger partial charge on any atom is 0.217 e. The predicted molar refractivity (Wildman–Crippen MR) is 74.1 cm³/mol. The summed E-state index contributed by atoms with van der Waals surface area (Å²) in [6.45, 7) is 0.732. The molecule has 1 amide bonds. The highest BCUT2D eigenvalue weighted by Crippen LogP contribution is 2.16. The second-order valence-electron chi connectivity index (χ2n) is 4.23. The van der Waals surface area contributed by atoms with Gasteiger partial charge in [-0.05, 0) is 12.8 Å². The van der Waals surface area contributed by atoms with Gasteiger partial charge in [0.25, 0.3) is 0 Å². The molecule has 0 atom stereocenters. The van der Waals surface area contributed by atoms with Gasteiger partial charge in [0.2, 0.25) is 5.91 Å². The Hall–Kier alpha value is -2.31. The largest absolute Gasteiger partial charge is 0.372 e. The van der Waals surface area contributed by atoms with E-state index in [2.05, 4.69) is 20.6 Å². The number of nitrogens with one attached hydrogen (secondary N) is 2. The summed E-state index contributed by atoms with van der Waals surface area (Å²) in [5.74, 6) is 1.24. The molecule has 4 N–H and O–H groups in total. The molecule has 19 heavy (non-hydrogen) atoms. The molecule has 0 spiro atoms. The maximum absolute atomic E-state index is 10.6. The van der Waals surface area contributed by atoms with E-state index in [1.165, 1.54) is 0 Å². The average Bonchev–Trinajstić information content (AvgIpc) is 2.85. The highest BCUT2D eigenvalue weighted by Gasteiger charge is 2.06. The van der Waals surface area contributed by atoms with E-state index in [1.54, 1.807) is 6.20 Å². The van der Waals surface area contributed by atoms with Crippen molar-refractivity contribution < 1.29 is 4.79 Å². The van der Waals surface area contributed by atoms with Crippen LogP contribution in [0.5, 0.6) is 0 Å². The number of aromatic nitrogens is 3. The van der Waals surface area contributed by atoms with Gasteiger partial charge in [-0.25, -0.2) is 9.97 Å². The number of carbonyl (C=O) groups excluding carboxylic acids is 1. The van der Waals surface area contributed by atoms with E-state index in [0.29, 0.717) is 6.42 Å². The molecule has 7 heteroatoms. The second-order valence-corrected chi connectivity index (χ2v) is 4.23. The lowest BCUT2D eigenvalue weighted by atomic mass is 10.2. The van der Waals surface area contributed by atoms with Gasteiger partial charge in [0, 0.05) is 32.4 Å². The summed E-state index contributed by atoms with van der Waals surface area (Å²) in [4.78, 5) is 19.3. The fraction of sp³-hybridized carbons (Fsp3) is 0.417. The molecular weight excluding hydrogens is 244 g/mol. The molecule has 0 aliphatic heterocycles. The van der Waals surface area contributed by atoms with Crippen LogP contribution >= 0.6 is 0 Å². The number of hydrogen-bond acceptors (Lipinski definition) is 5. The quantitative estimate of drug-likeness (QED) is 0.642. The highest BCUT2D eigenvalue weighted by atomic mass is 16.1. The summed E-state index contributed by atoms with van der Waals surface area (Å²) in [5, 5.41) is 6.24. The zero-order chi connectivity index (χ0) is 13.7. The fourth-order valence-electron chi connectivity index (χ4n) is 1.80. The van der Waals surface area contributed by atoms with E-state index in [-0.39, 0.29) is 5.91 Å². The third-order valence-corrected chi connectivity index (χ3v) is 2.77. The summed E-state index contributed by atoms with van der Waals surface area (Å²) >= 11 is 0. The lowest BCUT2D eigenvalue weighted by Crippen LogP contribution is -2.11. The van der Waals surface area contributed by atoms with Crippen molar-refractivity contribution in [3.05, 3.63) is 18.6 Å². The summed E-state index contributed by atoms with van der Waals surface area (Å²) in [6, 6.07) is 0. The van der Waals surface area contributed by atoms with E-state index in [4.69, 9.17) is 5.73 Å². The second kappa shape index (κ2) is 6.03. The number of carbonyl (C=O) groups is 1. The summed E-state index contributed by atoms with van der Waals surface area (Å²) in [6.07, 6.45) is 7.54. The number of fused-ring (bicyclic) bond motifs is 1. The fourth-order valence-corrected chi connectivity index (χ4v) is 1.80. The van der Waals surface area contributed by atoms with Gasteiger partial charge >= 0.3 is 0 Å². The number of unbranched alkanes of at least 4 members (excludes halogenated alkanes) is 1. The smallest absolute Gasteiger partial charge is 0.217 e. The topological polar surface area (TPSA) is 97.3 Å². The van der Waals surface area contributed by atoms with E-state index in [1.807, 2.05) is 23.8 Å². The van der Waals surface area contributed by atoms with Crippen molar-refractivity contribution in [1.29, 1.82) is 0 Å². The Balaban J connectivity index is 1.99. The molecule has 0 saturated heterocycles. The van der Waals surface area contributed by atoms with Crippen LogP contribution in [0.1, 0.15) is 19.3 Å². The van der Waals surface area contributed by atoms with Crippen molar-refractivity contribution >= 4 is 23.2 Å². The minimum absolute atomic E-state index is 0.258. The zero-order valence-electron chi connectivity index (χ0n) is 10.9. The number of hydrogen-bond donors (Lipinski definition) is 3. The van der Waals surface area contributed by atoms with Crippen LogP contribution < -0.4 is 16.4 Å². The lowest BCUT2D eigenvalue weighted by Gasteiger charge is -2.09. The Kier molecular flexibility index (Phi) is 4.17. The van der Waals surface area contributed by atoms with Crippen molar-refractivity contribution in [2.75, 3.05) is 24.2 Å². The van der Waals surface area contributed by atoms with Gasteiger partial charge < -0.3 is 20.8 Å². The molecule has 0 aromatic carbocycles. The first-order valence-corrected chi connectivity index (χ1v) is 6.24. The first-order chi connectivity index (χ1) is 9.20. The van der Waals surface area contributed by atoms with Crippen molar-refractivity contribution in [2.24, 2.45) is 5.73 Å². The number of nitrogens with two attached hydrogens (primary N) is 1. The Labute approximate surface area is 111 Å². The van der Waals surface area contributed by atoms with Gasteiger partial charge in [0.05, 0.1) is 6.20 Å². The standard InChI is InChI=1S/C12H18N6O/c1-14-10-8-18-7-6-16-12(18)11(17-10)15-5-3-2-4-9(13)19/h6-8,14H,2-5H2,1H3,(H2,13,19)(H,15,17). The molecule has 0 aliphatic rings. The van der Waals surface area contributed by atoms with E-state index in [9.17, 15) is 4.79 Å². The van der Waals surface area contributed by atoms with Crippen LogP contribution in [0.2, 0.25) is 0 Å². The summed E-state index contributed by atoms with van der Waals surface area (Å²) < 4.78 is 1.91. The minimum Gasteiger partial charge on any atom is -0.372 e. The Bertz CT molecular complexity index is 564. The van der Waals surface area contributed by atoms with Crippen LogP contribution in [0.25, 0.3) is 5.65 Å². The molecule has 0 unspecified atom stereocenters. The number of amides is 1. The first kappa shape index (κ1) is 13.1. The number of anilines is 2. The van der Waals surface area contributed by atoms with Gasteiger partial charge in [-0.2, -0.15) is 0 Å². The Morgan fingerprint density at radius 3 is 3.05 bits per heavy atom. The molecule has 102 valence electrons. The predicted octanol–water partition coefficient (Wildman–Crippen LogP) is 0.838. The molecule has 7 nitrogen and oxygen atoms in total. The van der Waals surface area contributed by atoms with Gasteiger partial charge in [-0.15, -0.1) is 0 Å². The maximum atomic E-state index is 10.6. The highest BCUT2D eigenvalue weighted by molar-refractivity contribution is 5.73. The van der Waals surface area contributed by atoms with E-state index >= 15 is 0 Å². The minimum atomic E-state index is -0.258. The molecule has 0 bridgehead atoms. The normalized spacial score (nSPS) is 10.6. The number of imidazole rings is 1. The Morgan fingerprint density at radius 2 is 2.32 bits per heavy atom. The van der Waals surface area contributed by atoms with E-state index in [0.717, 1.165) is 36.7 Å². The van der Waals surface area contributed by atoms with Gasteiger partial charge in [0.15, 0.2) is 11.5 Å². The monoisotopic (exact) mass is 262 g/mol. The van der Waals surface area contributed by atoms with Crippen LogP contribution in [-0.4, -0.2) is 33.9 Å².